The van der Waals surface area contributed by atoms with E-state index in [1.807, 2.05) is 12.1 Å². The molecule has 0 fully saturated rings. The highest BCUT2D eigenvalue weighted by molar-refractivity contribution is 14.0. The van der Waals surface area contributed by atoms with Crippen LogP contribution in [0.1, 0.15) is 16.8 Å². The molecule has 0 saturated heterocycles. The second-order valence-corrected chi connectivity index (χ2v) is 6.18. The maximum absolute atomic E-state index is 12.9. The van der Waals surface area contributed by atoms with Crippen molar-refractivity contribution in [2.45, 2.75) is 19.3 Å². The average molecular weight is 521 g/mol. The van der Waals surface area contributed by atoms with E-state index < -0.39 is 11.7 Å². The number of nitrogens with zero attached hydrogens (tertiary/aromatic N) is 3. The first-order valence-corrected chi connectivity index (χ1v) is 8.54. The van der Waals surface area contributed by atoms with E-state index in [-0.39, 0.29) is 43.0 Å². The van der Waals surface area contributed by atoms with Crippen molar-refractivity contribution >= 4 is 35.8 Å². The lowest BCUT2D eigenvalue weighted by Crippen LogP contribution is -2.42. The van der Waals surface area contributed by atoms with E-state index in [1.165, 1.54) is 11.0 Å². The third kappa shape index (κ3) is 8.67. The molecule has 0 aliphatic rings. The molecule has 0 unspecified atom stereocenters. The molecule has 158 valence electrons. The third-order valence-electron chi connectivity index (χ3n) is 3.74. The van der Waals surface area contributed by atoms with Crippen LogP contribution in [0.2, 0.25) is 0 Å². The molecule has 29 heavy (non-hydrogen) atoms. The van der Waals surface area contributed by atoms with Crippen molar-refractivity contribution in [3.63, 3.8) is 0 Å². The summed E-state index contributed by atoms with van der Waals surface area (Å²) in [6.07, 6.45) is -2.75. The second-order valence-electron chi connectivity index (χ2n) is 6.18. The molecule has 1 amide bonds. The number of rotatable bonds is 6. The van der Waals surface area contributed by atoms with Gasteiger partial charge in [-0.15, -0.1) is 24.0 Å². The number of carbonyl (C=O) groups is 1. The van der Waals surface area contributed by atoms with Gasteiger partial charge in [-0.2, -0.15) is 13.2 Å². The van der Waals surface area contributed by atoms with E-state index in [1.54, 1.807) is 32.4 Å². The van der Waals surface area contributed by atoms with Crippen molar-refractivity contribution in [2.75, 3.05) is 20.6 Å². The predicted molar refractivity (Wildman–Crippen MR) is 116 cm³/mol. The molecule has 1 aromatic heterocycles. The van der Waals surface area contributed by atoms with Gasteiger partial charge in [0.15, 0.2) is 5.96 Å². The smallest absolute Gasteiger partial charge is 0.351 e. The number of nitrogens with one attached hydrogen (secondary N) is 2. The molecule has 0 atom stereocenters. The Kier molecular flexibility index (Phi) is 9.86. The standard InChI is InChI=1S/C19H22F3N5O.HI/c1-27(2)17(28)13-26-18(25-12-16-8-3-4-9-23-16)24-11-14-6-5-7-15(10-14)19(20,21)22;/h3-10H,11-13H2,1-2H3,(H2,24,25,26);1H. The molecule has 1 aromatic carbocycles. The lowest BCUT2D eigenvalue weighted by Gasteiger charge is -2.15. The Morgan fingerprint density at radius 1 is 1.14 bits per heavy atom. The number of hydrogen-bond donors (Lipinski definition) is 2. The number of guanidine groups is 1. The molecular formula is C19H23F3IN5O. The largest absolute Gasteiger partial charge is 0.416 e. The van der Waals surface area contributed by atoms with Gasteiger partial charge in [0.05, 0.1) is 30.9 Å². The maximum Gasteiger partial charge on any atom is 0.416 e. The molecule has 2 N–H and O–H groups in total. The highest BCUT2D eigenvalue weighted by atomic mass is 127. The van der Waals surface area contributed by atoms with Gasteiger partial charge in [-0.1, -0.05) is 18.2 Å². The van der Waals surface area contributed by atoms with Gasteiger partial charge in [-0.25, -0.2) is 4.99 Å². The zero-order valence-electron chi connectivity index (χ0n) is 16.0. The van der Waals surface area contributed by atoms with Crippen molar-refractivity contribution in [1.82, 2.24) is 20.5 Å². The lowest BCUT2D eigenvalue weighted by molar-refractivity contribution is -0.137. The zero-order valence-corrected chi connectivity index (χ0v) is 18.4. The Morgan fingerprint density at radius 2 is 1.90 bits per heavy atom. The molecule has 0 aliphatic heterocycles. The second kappa shape index (κ2) is 11.6. The summed E-state index contributed by atoms with van der Waals surface area (Å²) in [5.41, 5.74) is 0.446. The minimum Gasteiger partial charge on any atom is -0.351 e. The minimum absolute atomic E-state index is 0. The van der Waals surface area contributed by atoms with Crippen molar-refractivity contribution in [2.24, 2.45) is 4.99 Å². The van der Waals surface area contributed by atoms with Crippen LogP contribution in [-0.2, 0) is 24.1 Å². The van der Waals surface area contributed by atoms with Crippen LogP contribution < -0.4 is 10.6 Å². The number of amides is 1. The van der Waals surface area contributed by atoms with E-state index in [2.05, 4.69) is 20.6 Å². The van der Waals surface area contributed by atoms with Crippen LogP contribution in [0, 0.1) is 0 Å². The molecular weight excluding hydrogens is 498 g/mol. The number of halogens is 4. The van der Waals surface area contributed by atoms with Crippen LogP contribution in [0.3, 0.4) is 0 Å². The SMILES string of the molecule is CN(C)C(=O)CNC(=NCc1cccc(C(F)(F)F)c1)NCc1ccccn1.I. The number of pyridine rings is 1. The molecule has 0 aliphatic carbocycles. The summed E-state index contributed by atoms with van der Waals surface area (Å²) in [7, 11) is 3.26. The number of likely N-dealkylation sites (N-methyl/N-ethyl adjacent to an activating group) is 1. The Balaban J connectivity index is 0.00000420. The Labute approximate surface area is 184 Å². The number of benzene rings is 1. The lowest BCUT2D eigenvalue weighted by atomic mass is 10.1. The van der Waals surface area contributed by atoms with Crippen molar-refractivity contribution in [1.29, 1.82) is 0 Å². The number of carbonyl (C=O) groups excluding carboxylic acids is 1. The molecule has 10 heteroatoms. The van der Waals surface area contributed by atoms with Gasteiger partial charge in [0.25, 0.3) is 0 Å². The maximum atomic E-state index is 12.9. The molecule has 0 spiro atoms. The van der Waals surface area contributed by atoms with Crippen molar-refractivity contribution < 1.29 is 18.0 Å². The van der Waals surface area contributed by atoms with Gasteiger partial charge >= 0.3 is 6.18 Å². The van der Waals surface area contributed by atoms with Gasteiger partial charge in [0.2, 0.25) is 5.91 Å². The van der Waals surface area contributed by atoms with Crippen LogP contribution >= 0.6 is 24.0 Å². The summed E-state index contributed by atoms with van der Waals surface area (Å²) in [5, 5.41) is 5.91. The monoisotopic (exact) mass is 521 g/mol. The number of aromatic nitrogens is 1. The first kappa shape index (κ1) is 24.7. The first-order valence-electron chi connectivity index (χ1n) is 8.54. The quantitative estimate of drug-likeness (QED) is 0.349. The number of alkyl halides is 3. The normalized spacial score (nSPS) is 11.4. The van der Waals surface area contributed by atoms with Crippen LogP contribution in [0.15, 0.2) is 53.7 Å². The number of aliphatic imine (C=N–C) groups is 1. The fourth-order valence-electron chi connectivity index (χ4n) is 2.19. The molecule has 0 bridgehead atoms. The summed E-state index contributed by atoms with van der Waals surface area (Å²) < 4.78 is 38.6. The first-order chi connectivity index (χ1) is 13.3. The van der Waals surface area contributed by atoms with Crippen molar-refractivity contribution in [3.8, 4) is 0 Å². The fraction of sp³-hybridized carbons (Fsp3) is 0.316. The van der Waals surface area contributed by atoms with Crippen LogP contribution in [0.5, 0.6) is 0 Å². The summed E-state index contributed by atoms with van der Waals surface area (Å²) in [6, 6.07) is 10.4. The van der Waals surface area contributed by atoms with Gasteiger partial charge in [0, 0.05) is 20.3 Å². The van der Waals surface area contributed by atoms with Gasteiger partial charge in [0.1, 0.15) is 0 Å². The van der Waals surface area contributed by atoms with E-state index in [0.717, 1.165) is 17.8 Å². The topological polar surface area (TPSA) is 69.6 Å². The molecule has 0 radical (unpaired) electrons. The average Bonchev–Trinajstić information content (AvgIpc) is 2.67. The predicted octanol–water partition coefficient (Wildman–Crippen LogP) is 3.04. The van der Waals surface area contributed by atoms with Gasteiger partial charge < -0.3 is 15.5 Å². The Hall–Kier alpha value is -2.37. The molecule has 0 saturated carbocycles. The zero-order chi connectivity index (χ0) is 20.6. The summed E-state index contributed by atoms with van der Waals surface area (Å²) in [4.78, 5) is 21.7. The van der Waals surface area contributed by atoms with E-state index in [0.29, 0.717) is 18.1 Å². The number of hydrogen-bond acceptors (Lipinski definition) is 3. The summed E-state index contributed by atoms with van der Waals surface area (Å²) in [5.74, 6) is 0.143. The highest BCUT2D eigenvalue weighted by Crippen LogP contribution is 2.29. The van der Waals surface area contributed by atoms with Gasteiger partial charge in [-0.05, 0) is 29.8 Å². The molecule has 2 aromatic rings. The van der Waals surface area contributed by atoms with E-state index >= 15 is 0 Å². The highest BCUT2D eigenvalue weighted by Gasteiger charge is 2.30. The summed E-state index contributed by atoms with van der Waals surface area (Å²) in [6.45, 7) is 0.382. The summed E-state index contributed by atoms with van der Waals surface area (Å²) >= 11 is 0. The van der Waals surface area contributed by atoms with Crippen LogP contribution in [0.4, 0.5) is 13.2 Å². The van der Waals surface area contributed by atoms with Crippen LogP contribution in [-0.4, -0.2) is 42.4 Å². The van der Waals surface area contributed by atoms with E-state index in [9.17, 15) is 18.0 Å². The minimum atomic E-state index is -4.41. The van der Waals surface area contributed by atoms with Crippen molar-refractivity contribution in [3.05, 3.63) is 65.5 Å². The molecule has 6 nitrogen and oxygen atoms in total. The fourth-order valence-corrected chi connectivity index (χ4v) is 2.19. The van der Waals surface area contributed by atoms with Crippen LogP contribution in [0.25, 0.3) is 0 Å². The molecule has 1 heterocycles. The van der Waals surface area contributed by atoms with Gasteiger partial charge in [-0.3, -0.25) is 9.78 Å². The Bertz CT molecular complexity index is 813. The molecule has 2 rings (SSSR count). The Morgan fingerprint density at radius 3 is 2.52 bits per heavy atom. The third-order valence-corrected chi connectivity index (χ3v) is 3.74. The van der Waals surface area contributed by atoms with E-state index in [4.69, 9.17) is 0 Å².